The number of esters is 1. The molecule has 0 aliphatic rings. The molecule has 0 unspecified atom stereocenters. The van der Waals surface area contributed by atoms with Crippen molar-refractivity contribution >= 4 is 23.4 Å². The highest BCUT2D eigenvalue weighted by atomic mass is 16.6. The first kappa shape index (κ1) is 19.8. The molecule has 0 heterocycles. The maximum Gasteiger partial charge on any atom is 0.414 e. The van der Waals surface area contributed by atoms with E-state index in [2.05, 4.69) is 14.8 Å². The topological polar surface area (TPSA) is 128 Å². The second kappa shape index (κ2) is 9.15. The van der Waals surface area contributed by atoms with Gasteiger partial charge in [-0.05, 0) is 38.4 Å². The smallest absolute Gasteiger partial charge is 0.414 e. The zero-order chi connectivity index (χ0) is 18.9. The zero-order valence-electron chi connectivity index (χ0n) is 14.3. The summed E-state index contributed by atoms with van der Waals surface area (Å²) in [5, 5.41) is 11.9. The standard InChI is InChI=1S/C16H19N5O4/c1-16(2,3)25-15(23)21(10-8-14(22)24-11-9-17)13-6-4-12(5-7-13)19-20-18/h4-7H,8,10-11H2,1-3H3. The molecule has 0 radical (unpaired) electrons. The number of hydrogen-bond donors (Lipinski definition) is 0. The van der Waals surface area contributed by atoms with E-state index < -0.39 is 17.7 Å². The second-order valence-electron chi connectivity index (χ2n) is 5.91. The molecule has 0 aliphatic heterocycles. The van der Waals surface area contributed by atoms with Crippen LogP contribution in [0, 0.1) is 11.3 Å². The first-order valence-electron chi connectivity index (χ1n) is 7.45. The van der Waals surface area contributed by atoms with Crippen LogP contribution in [0.5, 0.6) is 0 Å². The predicted molar refractivity (Wildman–Crippen MR) is 90.0 cm³/mol. The fourth-order valence-corrected chi connectivity index (χ4v) is 1.78. The number of nitriles is 1. The quantitative estimate of drug-likeness (QED) is 0.335. The van der Waals surface area contributed by atoms with Crippen LogP contribution in [0.25, 0.3) is 10.4 Å². The molecule has 1 rings (SSSR count). The van der Waals surface area contributed by atoms with E-state index in [1.54, 1.807) is 51.1 Å². The lowest BCUT2D eigenvalue weighted by atomic mass is 10.2. The fraction of sp³-hybridized carbons (Fsp3) is 0.438. The summed E-state index contributed by atoms with van der Waals surface area (Å²) >= 11 is 0. The lowest BCUT2D eigenvalue weighted by Gasteiger charge is -2.27. The van der Waals surface area contributed by atoms with Gasteiger partial charge in [-0.25, -0.2) is 4.79 Å². The van der Waals surface area contributed by atoms with Crippen molar-refractivity contribution in [2.24, 2.45) is 5.11 Å². The highest BCUT2D eigenvalue weighted by Gasteiger charge is 2.24. The van der Waals surface area contributed by atoms with Crippen molar-refractivity contribution in [1.29, 1.82) is 5.26 Å². The second-order valence-corrected chi connectivity index (χ2v) is 5.91. The molecule has 1 aromatic carbocycles. The van der Waals surface area contributed by atoms with E-state index in [1.807, 2.05) is 0 Å². The minimum Gasteiger partial charge on any atom is -0.450 e. The van der Waals surface area contributed by atoms with Gasteiger partial charge in [0.2, 0.25) is 0 Å². The van der Waals surface area contributed by atoms with Gasteiger partial charge in [-0.2, -0.15) is 5.26 Å². The Morgan fingerprint density at radius 2 is 1.96 bits per heavy atom. The minimum absolute atomic E-state index is 0.0139. The number of azide groups is 1. The van der Waals surface area contributed by atoms with E-state index in [4.69, 9.17) is 15.5 Å². The van der Waals surface area contributed by atoms with Crippen LogP contribution >= 0.6 is 0 Å². The highest BCUT2D eigenvalue weighted by molar-refractivity contribution is 5.88. The van der Waals surface area contributed by atoms with E-state index in [1.165, 1.54) is 4.90 Å². The average Bonchev–Trinajstić information content (AvgIpc) is 2.53. The number of carbonyl (C=O) groups is 2. The molecule has 0 N–H and O–H groups in total. The van der Waals surface area contributed by atoms with Crippen molar-refractivity contribution in [2.75, 3.05) is 18.1 Å². The van der Waals surface area contributed by atoms with E-state index in [0.717, 1.165) is 0 Å². The summed E-state index contributed by atoms with van der Waals surface area (Å²) in [4.78, 5) is 28.0. The first-order chi connectivity index (χ1) is 11.8. The summed E-state index contributed by atoms with van der Waals surface area (Å²) in [6.45, 7) is 4.87. The Hall–Kier alpha value is -3.24. The summed E-state index contributed by atoms with van der Waals surface area (Å²) in [6, 6.07) is 7.94. The summed E-state index contributed by atoms with van der Waals surface area (Å²) in [7, 11) is 0. The van der Waals surface area contributed by atoms with Gasteiger partial charge >= 0.3 is 12.1 Å². The number of amides is 1. The number of nitrogens with zero attached hydrogens (tertiary/aromatic N) is 5. The molecule has 9 heteroatoms. The van der Waals surface area contributed by atoms with Crippen LogP contribution in [0.4, 0.5) is 16.2 Å². The average molecular weight is 345 g/mol. The summed E-state index contributed by atoms with van der Waals surface area (Å²) in [5.41, 5.74) is 8.59. The third-order valence-electron chi connectivity index (χ3n) is 2.77. The Labute approximate surface area is 145 Å². The van der Waals surface area contributed by atoms with Crippen molar-refractivity contribution in [3.63, 3.8) is 0 Å². The van der Waals surface area contributed by atoms with E-state index >= 15 is 0 Å². The molecule has 0 fully saturated rings. The summed E-state index contributed by atoms with van der Waals surface area (Å²) < 4.78 is 10.0. The molecule has 1 amide bonds. The summed E-state index contributed by atoms with van der Waals surface area (Å²) in [6.07, 6.45) is -0.726. The van der Waals surface area contributed by atoms with Gasteiger partial charge in [-0.1, -0.05) is 17.2 Å². The van der Waals surface area contributed by atoms with Crippen LogP contribution in [0.2, 0.25) is 0 Å². The van der Waals surface area contributed by atoms with Gasteiger partial charge in [0, 0.05) is 22.8 Å². The molecule has 9 nitrogen and oxygen atoms in total. The summed E-state index contributed by atoms with van der Waals surface area (Å²) in [5.74, 6) is -0.596. The Bertz CT molecular complexity index is 697. The van der Waals surface area contributed by atoms with Gasteiger partial charge in [0.15, 0.2) is 6.61 Å². The Morgan fingerprint density at radius 1 is 1.32 bits per heavy atom. The molecule has 0 saturated carbocycles. The molecule has 0 spiro atoms. The highest BCUT2D eigenvalue weighted by Crippen LogP contribution is 2.22. The lowest BCUT2D eigenvalue weighted by molar-refractivity contribution is -0.141. The largest absolute Gasteiger partial charge is 0.450 e. The van der Waals surface area contributed by atoms with E-state index in [9.17, 15) is 9.59 Å². The molecule has 0 aliphatic carbocycles. The number of carbonyl (C=O) groups excluding carboxylic acids is 2. The third-order valence-corrected chi connectivity index (χ3v) is 2.77. The molecular weight excluding hydrogens is 326 g/mol. The van der Waals surface area contributed by atoms with Crippen molar-refractivity contribution < 1.29 is 19.1 Å². The Morgan fingerprint density at radius 3 is 2.48 bits per heavy atom. The molecule has 132 valence electrons. The molecule has 0 aromatic heterocycles. The van der Waals surface area contributed by atoms with Crippen LogP contribution in [0.3, 0.4) is 0 Å². The lowest BCUT2D eigenvalue weighted by Crippen LogP contribution is -2.38. The molecule has 1 aromatic rings. The third kappa shape index (κ3) is 7.24. The van der Waals surface area contributed by atoms with E-state index in [-0.39, 0.29) is 19.6 Å². The number of hydrogen-bond acceptors (Lipinski definition) is 6. The minimum atomic E-state index is -0.707. The number of benzene rings is 1. The van der Waals surface area contributed by atoms with Crippen LogP contribution in [-0.2, 0) is 14.3 Å². The van der Waals surface area contributed by atoms with Crippen LogP contribution in [0.1, 0.15) is 27.2 Å². The first-order valence-corrected chi connectivity index (χ1v) is 7.45. The van der Waals surface area contributed by atoms with Gasteiger partial charge < -0.3 is 9.47 Å². The van der Waals surface area contributed by atoms with Crippen molar-refractivity contribution in [3.05, 3.63) is 34.7 Å². The SMILES string of the molecule is CC(C)(C)OC(=O)N(CCC(=O)OCC#N)c1ccc(N=[N+]=[N-])cc1. The molecule has 0 bridgehead atoms. The van der Waals surface area contributed by atoms with Crippen LogP contribution in [-0.4, -0.2) is 30.8 Å². The van der Waals surface area contributed by atoms with Crippen LogP contribution < -0.4 is 4.90 Å². The van der Waals surface area contributed by atoms with Crippen LogP contribution in [0.15, 0.2) is 29.4 Å². The molecular formula is C16H19N5O4. The van der Waals surface area contributed by atoms with Crippen molar-refractivity contribution in [1.82, 2.24) is 0 Å². The number of anilines is 1. The Balaban J connectivity index is 2.94. The normalized spacial score (nSPS) is 10.2. The van der Waals surface area contributed by atoms with Crippen molar-refractivity contribution in [3.8, 4) is 6.07 Å². The van der Waals surface area contributed by atoms with Gasteiger partial charge in [0.25, 0.3) is 0 Å². The molecule has 0 atom stereocenters. The van der Waals surface area contributed by atoms with Gasteiger partial charge in [0.05, 0.1) is 6.42 Å². The van der Waals surface area contributed by atoms with Gasteiger partial charge in [-0.15, -0.1) is 0 Å². The van der Waals surface area contributed by atoms with Gasteiger partial charge in [0.1, 0.15) is 11.7 Å². The monoisotopic (exact) mass is 345 g/mol. The predicted octanol–water partition coefficient (Wildman–Crippen LogP) is 3.83. The zero-order valence-corrected chi connectivity index (χ0v) is 14.3. The fourth-order valence-electron chi connectivity index (χ4n) is 1.78. The van der Waals surface area contributed by atoms with Crippen molar-refractivity contribution in [2.45, 2.75) is 32.8 Å². The molecule has 0 saturated heterocycles. The van der Waals surface area contributed by atoms with Gasteiger partial charge in [-0.3, -0.25) is 9.69 Å². The maximum atomic E-state index is 12.4. The van der Waals surface area contributed by atoms with E-state index in [0.29, 0.717) is 11.4 Å². The molecule has 25 heavy (non-hydrogen) atoms. The Kier molecular flexibility index (Phi) is 7.25. The number of ether oxygens (including phenoxy) is 2. The maximum absolute atomic E-state index is 12.4. The number of rotatable bonds is 6.